The third-order valence-electron chi connectivity index (χ3n) is 11.7. The van der Waals surface area contributed by atoms with Crippen LogP contribution in [0.1, 0.15) is 86.6 Å². The predicted molar refractivity (Wildman–Crippen MR) is 202 cm³/mol. The van der Waals surface area contributed by atoms with Crippen LogP contribution in [0.4, 0.5) is 0 Å². The van der Waals surface area contributed by atoms with E-state index in [1.165, 1.54) is 36.4 Å². The number of phenolic OH excluding ortho intramolecular Hbond substituents is 2. The number of aromatic carboxylic acids is 2. The van der Waals surface area contributed by atoms with E-state index in [9.17, 15) is 80.5 Å². The first-order valence-corrected chi connectivity index (χ1v) is 19.0. The predicted octanol–water partition coefficient (Wildman–Crippen LogP) is -1.10. The lowest BCUT2D eigenvalue weighted by molar-refractivity contribution is -0.277. The Bertz CT molecular complexity index is 2330. The van der Waals surface area contributed by atoms with Gasteiger partial charge in [0.15, 0.2) is 0 Å². The monoisotopic (exact) mass is 862 g/mol. The molecule has 8 rings (SSSR count). The van der Waals surface area contributed by atoms with E-state index in [0.717, 1.165) is 24.3 Å². The van der Waals surface area contributed by atoms with Crippen LogP contribution >= 0.6 is 0 Å². The zero-order valence-electron chi connectivity index (χ0n) is 31.7. The van der Waals surface area contributed by atoms with Crippen molar-refractivity contribution in [2.24, 2.45) is 0 Å². The summed E-state index contributed by atoms with van der Waals surface area (Å²) in [5, 5.41) is 126. The molecule has 0 aromatic heterocycles. The largest absolute Gasteiger partial charge is 0.507 e. The molecular weight excluding hydrogens is 824 g/mol. The second-order valence-electron chi connectivity index (χ2n) is 15.2. The molecule has 62 heavy (non-hydrogen) atoms. The molecule has 2 heterocycles. The highest BCUT2D eigenvalue weighted by Crippen LogP contribution is 2.56. The summed E-state index contributed by atoms with van der Waals surface area (Å²) in [6, 6.07) is 11.9. The summed E-state index contributed by atoms with van der Waals surface area (Å²) in [7, 11) is 0. The number of rotatable bonds is 9. The van der Waals surface area contributed by atoms with Gasteiger partial charge >= 0.3 is 11.9 Å². The summed E-state index contributed by atoms with van der Waals surface area (Å²) in [5.74, 6) is -10.1. The van der Waals surface area contributed by atoms with E-state index in [-0.39, 0.29) is 44.9 Å². The molecule has 4 aliphatic rings. The molecule has 2 unspecified atom stereocenters. The van der Waals surface area contributed by atoms with E-state index in [2.05, 4.69) is 0 Å². The van der Waals surface area contributed by atoms with Crippen molar-refractivity contribution in [3.05, 3.63) is 116 Å². The molecule has 4 aromatic carbocycles. The number of phenols is 2. The first kappa shape index (κ1) is 42.6. The molecule has 12 N–H and O–H groups in total. The Morgan fingerprint density at radius 3 is 1.23 bits per heavy atom. The van der Waals surface area contributed by atoms with Crippen molar-refractivity contribution < 1.29 is 99.4 Å². The lowest BCUT2D eigenvalue weighted by atomic mass is 9.63. The fraction of sp³-hybridized carbons (Fsp3) is 0.333. The maximum Gasteiger partial charge on any atom is 0.335 e. The van der Waals surface area contributed by atoms with Gasteiger partial charge in [0, 0.05) is 11.8 Å². The van der Waals surface area contributed by atoms with Gasteiger partial charge in [0.1, 0.15) is 71.8 Å². The van der Waals surface area contributed by atoms with Crippen LogP contribution in [0.2, 0.25) is 0 Å². The number of ether oxygens (including phenoxy) is 4. The Morgan fingerprint density at radius 2 is 0.887 bits per heavy atom. The van der Waals surface area contributed by atoms with E-state index in [0.29, 0.717) is 0 Å². The molecule has 20 heteroatoms. The van der Waals surface area contributed by atoms with Crippen molar-refractivity contribution in [3.8, 4) is 23.0 Å². The van der Waals surface area contributed by atoms with Crippen molar-refractivity contribution in [3.63, 3.8) is 0 Å². The molecule has 4 aromatic rings. The average Bonchev–Trinajstić information content (AvgIpc) is 3.24. The normalized spacial score (nSPS) is 30.1. The number of ketones is 2. The van der Waals surface area contributed by atoms with Gasteiger partial charge in [0.25, 0.3) is 0 Å². The Labute approximate surface area is 348 Å². The first-order valence-electron chi connectivity index (χ1n) is 19.0. The third-order valence-corrected chi connectivity index (χ3v) is 11.7. The number of hydrogen-bond acceptors (Lipinski definition) is 18. The number of carboxylic acid groups (broad SMARTS) is 2. The Kier molecular flexibility index (Phi) is 11.0. The number of carbonyl (C=O) groups is 4. The maximum absolute atomic E-state index is 14.7. The minimum absolute atomic E-state index is 0.00301. The molecule has 2 saturated heterocycles. The number of benzene rings is 4. The lowest BCUT2D eigenvalue weighted by Crippen LogP contribution is -2.60. The second kappa shape index (κ2) is 16.0. The Balaban J connectivity index is 1.38. The van der Waals surface area contributed by atoms with Crippen LogP contribution in [0.25, 0.3) is 0 Å². The SMILES string of the molecule is O=C(O)c1cc(O)c2c(c1)[C@H]([C@H]1c3cc(C(=O)O)cc(O)c3C(=O)c3c(OC4O[C@H](CO)[C@@H](O)[C@H](O)[C@H]4O)cccc31)c1cccc(OC3O[C@H](CO)[C@@H](O)[C@H](O)[C@H]3O)c1C2=O. The quantitative estimate of drug-likeness (QED) is 0.0950. The van der Waals surface area contributed by atoms with Crippen molar-refractivity contribution in [1.82, 2.24) is 0 Å². The Morgan fingerprint density at radius 1 is 0.516 bits per heavy atom. The van der Waals surface area contributed by atoms with Gasteiger partial charge in [0.2, 0.25) is 24.1 Å². The van der Waals surface area contributed by atoms with Gasteiger partial charge < -0.3 is 80.2 Å². The van der Waals surface area contributed by atoms with Crippen LogP contribution < -0.4 is 9.47 Å². The molecule has 2 aliphatic heterocycles. The van der Waals surface area contributed by atoms with Crippen LogP contribution in [0.15, 0.2) is 60.7 Å². The molecule has 0 saturated carbocycles. The zero-order chi connectivity index (χ0) is 44.6. The standard InChI is InChI=1S/C42H38O20/c43-11-23-31(47)35(51)37(53)41(61-23)59-21-5-1-3-15-25(17-7-13(39(55)56)9-19(45)27(17)33(49)29(15)21)26-16-4-2-6-22(60-42-38(54)36(52)32(48)24(12-44)62-42)30(16)34(50)28-18(26)8-14(40(57)58)10-20(28)46/h1-10,23-26,31-32,35-38,41-48,51-54H,11-12H2,(H,55,56)(H,57,58)/t23-,24-,25-,26-,31-,32-,35+,36+,37-,38-,41?,42?/m1/s1. The first-order chi connectivity index (χ1) is 29.5. The van der Waals surface area contributed by atoms with E-state index < -0.39 is 144 Å². The van der Waals surface area contributed by atoms with Crippen molar-refractivity contribution in [1.29, 1.82) is 0 Å². The van der Waals surface area contributed by atoms with Crippen LogP contribution in [0.3, 0.4) is 0 Å². The van der Waals surface area contributed by atoms with E-state index in [1.807, 2.05) is 0 Å². The smallest absolute Gasteiger partial charge is 0.335 e. The maximum atomic E-state index is 14.7. The zero-order valence-corrected chi connectivity index (χ0v) is 31.7. The van der Waals surface area contributed by atoms with Gasteiger partial charge in [-0.3, -0.25) is 9.59 Å². The van der Waals surface area contributed by atoms with Crippen molar-refractivity contribution >= 4 is 23.5 Å². The van der Waals surface area contributed by atoms with Crippen molar-refractivity contribution in [2.45, 2.75) is 73.2 Å². The summed E-state index contributed by atoms with van der Waals surface area (Å²) in [4.78, 5) is 54.2. The van der Waals surface area contributed by atoms with Gasteiger partial charge in [-0.25, -0.2) is 9.59 Å². The average molecular weight is 863 g/mol. The number of aliphatic hydroxyl groups excluding tert-OH is 8. The van der Waals surface area contributed by atoms with Gasteiger partial charge in [-0.15, -0.1) is 0 Å². The number of carboxylic acids is 2. The molecule has 0 amide bonds. The molecule has 0 spiro atoms. The minimum Gasteiger partial charge on any atom is -0.507 e. The molecular formula is C42H38O20. The minimum atomic E-state index is -1.94. The fourth-order valence-corrected chi connectivity index (χ4v) is 8.71. The number of aliphatic hydroxyl groups is 8. The fourth-order valence-electron chi connectivity index (χ4n) is 8.71. The van der Waals surface area contributed by atoms with Crippen molar-refractivity contribution in [2.75, 3.05) is 13.2 Å². The van der Waals surface area contributed by atoms with E-state index in [1.54, 1.807) is 0 Å². The van der Waals surface area contributed by atoms with Crippen LogP contribution in [0.5, 0.6) is 23.0 Å². The van der Waals surface area contributed by atoms with Crippen LogP contribution in [0, 0.1) is 0 Å². The summed E-state index contributed by atoms with van der Waals surface area (Å²) in [6.07, 6.45) is -17.7. The summed E-state index contributed by atoms with van der Waals surface area (Å²) < 4.78 is 23.0. The third kappa shape index (κ3) is 6.73. The highest BCUT2D eigenvalue weighted by Gasteiger charge is 2.50. The Hall–Kier alpha value is -6.04. The van der Waals surface area contributed by atoms with Crippen LogP contribution in [-0.4, -0.2) is 159 Å². The summed E-state index contributed by atoms with van der Waals surface area (Å²) >= 11 is 0. The van der Waals surface area contributed by atoms with E-state index >= 15 is 0 Å². The number of carbonyl (C=O) groups excluding carboxylic acids is 2. The highest BCUT2D eigenvalue weighted by atomic mass is 16.7. The van der Waals surface area contributed by atoms with Gasteiger partial charge in [0.05, 0.1) is 46.6 Å². The molecule has 0 radical (unpaired) electrons. The van der Waals surface area contributed by atoms with Gasteiger partial charge in [-0.1, -0.05) is 24.3 Å². The summed E-state index contributed by atoms with van der Waals surface area (Å²) in [5.41, 5.74) is -2.87. The topological polar surface area (TPSA) is 348 Å². The van der Waals surface area contributed by atoms with E-state index in [4.69, 9.17) is 18.9 Å². The highest BCUT2D eigenvalue weighted by molar-refractivity contribution is 6.18. The lowest BCUT2D eigenvalue weighted by Gasteiger charge is -2.41. The van der Waals surface area contributed by atoms with Gasteiger partial charge in [-0.05, 0) is 58.7 Å². The summed E-state index contributed by atoms with van der Waals surface area (Å²) in [6.45, 7) is -1.64. The molecule has 12 atom stereocenters. The molecule has 2 fully saturated rings. The number of aromatic hydroxyl groups is 2. The van der Waals surface area contributed by atoms with Crippen LogP contribution in [-0.2, 0) is 9.47 Å². The molecule has 0 bridgehead atoms. The van der Waals surface area contributed by atoms with Gasteiger partial charge in [-0.2, -0.15) is 0 Å². The molecule has 2 aliphatic carbocycles. The molecule has 20 nitrogen and oxygen atoms in total. The number of fused-ring (bicyclic) bond motifs is 4. The number of hydrogen-bond donors (Lipinski definition) is 12. The molecule has 326 valence electrons. The second-order valence-corrected chi connectivity index (χ2v) is 15.2.